The molecule has 1 aromatic heterocycles. The minimum atomic E-state index is -2.75. The molecule has 0 aromatic carbocycles. The molecule has 1 fully saturated rings. The zero-order chi connectivity index (χ0) is 9.69. The quantitative estimate of drug-likeness (QED) is 0.807. The van der Waals surface area contributed by atoms with E-state index in [-0.39, 0.29) is 23.9 Å². The summed E-state index contributed by atoms with van der Waals surface area (Å²) < 4.78 is 30.9. The van der Waals surface area contributed by atoms with Gasteiger partial charge in [0, 0.05) is 13.0 Å². The molecule has 1 heterocycles. The Balaban J connectivity index is 2.35. The highest BCUT2D eigenvalue weighted by atomic mass is 35.5. The summed E-state index contributed by atoms with van der Waals surface area (Å²) >= 11 is 5.49. The van der Waals surface area contributed by atoms with Gasteiger partial charge in [0.1, 0.15) is 11.2 Å². The predicted molar refractivity (Wildman–Crippen MR) is 44.0 cm³/mol. The summed E-state index contributed by atoms with van der Waals surface area (Å²) in [6, 6.07) is 2.90. The van der Waals surface area contributed by atoms with Gasteiger partial charge in [0.15, 0.2) is 5.22 Å². The summed E-state index contributed by atoms with van der Waals surface area (Å²) in [4.78, 5) is 0. The molecule has 1 aliphatic carbocycles. The average Bonchev–Trinajstić information content (AvgIpc) is 2.43. The lowest BCUT2D eigenvalue weighted by molar-refractivity contribution is 0.0840. The number of hydrogen-bond donors (Lipinski definition) is 1. The first kappa shape index (κ1) is 8.97. The van der Waals surface area contributed by atoms with Gasteiger partial charge in [-0.3, -0.25) is 0 Å². The molecule has 2 rings (SSSR count). The van der Waals surface area contributed by atoms with Crippen molar-refractivity contribution in [2.45, 2.75) is 17.8 Å². The molecule has 5 heteroatoms. The summed E-state index contributed by atoms with van der Waals surface area (Å²) in [5.41, 5.74) is 4.00. The molecular formula is C8H8ClF2NO. The molecule has 2 nitrogen and oxygen atoms in total. The molecule has 72 valence electrons. The fourth-order valence-corrected chi connectivity index (χ4v) is 1.64. The van der Waals surface area contributed by atoms with E-state index in [4.69, 9.17) is 21.8 Å². The van der Waals surface area contributed by atoms with Crippen LogP contribution in [0.2, 0.25) is 5.22 Å². The van der Waals surface area contributed by atoms with Crippen molar-refractivity contribution in [2.75, 3.05) is 6.54 Å². The van der Waals surface area contributed by atoms with Crippen molar-refractivity contribution in [3.8, 4) is 0 Å². The van der Waals surface area contributed by atoms with Gasteiger partial charge >= 0.3 is 0 Å². The zero-order valence-corrected chi connectivity index (χ0v) is 7.44. The van der Waals surface area contributed by atoms with E-state index in [1.54, 1.807) is 0 Å². The summed E-state index contributed by atoms with van der Waals surface area (Å²) in [6.45, 7) is -0.121. The van der Waals surface area contributed by atoms with Crippen LogP contribution in [0.15, 0.2) is 16.5 Å². The molecule has 0 aliphatic heterocycles. The largest absolute Gasteiger partial charge is 0.449 e. The first-order chi connectivity index (χ1) is 6.02. The van der Waals surface area contributed by atoms with Crippen LogP contribution in [-0.4, -0.2) is 12.5 Å². The lowest BCUT2D eigenvalue weighted by Crippen LogP contribution is -2.26. The summed E-state index contributed by atoms with van der Waals surface area (Å²) in [5.74, 6) is -2.56. The van der Waals surface area contributed by atoms with Crippen LogP contribution in [-0.2, 0) is 5.41 Å². The maximum Gasteiger partial charge on any atom is 0.263 e. The second-order valence-electron chi connectivity index (χ2n) is 3.27. The van der Waals surface area contributed by atoms with Gasteiger partial charge in [0.05, 0.1) is 0 Å². The third-order valence-corrected chi connectivity index (χ3v) is 2.70. The second kappa shape index (κ2) is 2.45. The van der Waals surface area contributed by atoms with Crippen molar-refractivity contribution in [2.24, 2.45) is 5.73 Å². The lowest BCUT2D eigenvalue weighted by atomic mass is 10.0. The van der Waals surface area contributed by atoms with Crippen molar-refractivity contribution in [3.63, 3.8) is 0 Å². The van der Waals surface area contributed by atoms with Gasteiger partial charge in [-0.25, -0.2) is 8.78 Å². The van der Waals surface area contributed by atoms with Crippen LogP contribution in [0.5, 0.6) is 0 Å². The van der Waals surface area contributed by atoms with Gasteiger partial charge in [0.25, 0.3) is 5.92 Å². The maximum absolute atomic E-state index is 13.0. The zero-order valence-electron chi connectivity index (χ0n) is 6.69. The Hall–Kier alpha value is -0.610. The van der Waals surface area contributed by atoms with E-state index in [1.807, 2.05) is 0 Å². The van der Waals surface area contributed by atoms with Crippen molar-refractivity contribution in [1.82, 2.24) is 0 Å². The van der Waals surface area contributed by atoms with Crippen molar-refractivity contribution >= 4 is 11.6 Å². The third-order valence-electron chi connectivity index (χ3n) is 2.49. The Morgan fingerprint density at radius 2 is 2.15 bits per heavy atom. The van der Waals surface area contributed by atoms with Crippen molar-refractivity contribution < 1.29 is 13.2 Å². The van der Waals surface area contributed by atoms with Gasteiger partial charge in [-0.2, -0.15) is 0 Å². The molecule has 1 aliphatic rings. The minimum absolute atomic E-state index is 0.116. The Morgan fingerprint density at radius 1 is 1.54 bits per heavy atom. The van der Waals surface area contributed by atoms with Gasteiger partial charge in [-0.1, -0.05) is 0 Å². The number of rotatable bonds is 2. The molecule has 0 radical (unpaired) electrons. The van der Waals surface area contributed by atoms with E-state index in [9.17, 15) is 8.78 Å². The van der Waals surface area contributed by atoms with Gasteiger partial charge in [0.2, 0.25) is 0 Å². The summed E-state index contributed by atoms with van der Waals surface area (Å²) in [6.07, 6.45) is -0.250. The first-order valence-electron chi connectivity index (χ1n) is 3.85. The van der Waals surface area contributed by atoms with Crippen LogP contribution >= 0.6 is 11.6 Å². The van der Waals surface area contributed by atoms with Crippen molar-refractivity contribution in [1.29, 1.82) is 0 Å². The number of halogens is 3. The van der Waals surface area contributed by atoms with Crippen LogP contribution in [0.3, 0.4) is 0 Å². The fraction of sp³-hybridized carbons (Fsp3) is 0.500. The summed E-state index contributed by atoms with van der Waals surface area (Å²) in [5, 5.41) is 0.116. The highest BCUT2D eigenvalue weighted by molar-refractivity contribution is 6.28. The molecule has 0 saturated heterocycles. The number of hydrogen-bond acceptors (Lipinski definition) is 2. The third kappa shape index (κ3) is 1.09. The molecule has 1 aromatic rings. The topological polar surface area (TPSA) is 39.2 Å². The van der Waals surface area contributed by atoms with Crippen LogP contribution in [0.25, 0.3) is 0 Å². The van der Waals surface area contributed by atoms with Gasteiger partial charge < -0.3 is 10.2 Å². The SMILES string of the molecule is NCC1(c2ccc(Cl)o2)CC1(F)F. The van der Waals surface area contributed by atoms with E-state index in [2.05, 4.69) is 0 Å². The van der Waals surface area contributed by atoms with E-state index in [0.29, 0.717) is 0 Å². The molecular weight excluding hydrogens is 200 g/mol. The molecule has 13 heavy (non-hydrogen) atoms. The average molecular weight is 208 g/mol. The second-order valence-corrected chi connectivity index (χ2v) is 3.64. The molecule has 0 bridgehead atoms. The Kier molecular flexibility index (Phi) is 1.69. The molecule has 0 spiro atoms. The van der Waals surface area contributed by atoms with Crippen LogP contribution in [0.4, 0.5) is 8.78 Å². The van der Waals surface area contributed by atoms with E-state index >= 15 is 0 Å². The fourth-order valence-electron chi connectivity index (χ4n) is 1.50. The van der Waals surface area contributed by atoms with Gasteiger partial charge in [-0.05, 0) is 23.7 Å². The standard InChI is InChI=1S/C8H8ClF2NO/c9-6-2-1-5(13-6)7(4-12)3-8(7,10)11/h1-2H,3-4,12H2. The molecule has 1 saturated carbocycles. The van der Waals surface area contributed by atoms with Crippen LogP contribution < -0.4 is 5.73 Å². The summed E-state index contributed by atoms with van der Waals surface area (Å²) in [7, 11) is 0. The predicted octanol–water partition coefficient (Wildman–Crippen LogP) is 2.17. The first-order valence-corrected chi connectivity index (χ1v) is 4.23. The smallest absolute Gasteiger partial charge is 0.263 e. The van der Waals surface area contributed by atoms with E-state index < -0.39 is 11.3 Å². The highest BCUT2D eigenvalue weighted by Crippen LogP contribution is 2.61. The Bertz CT molecular complexity index is 339. The monoisotopic (exact) mass is 207 g/mol. The highest BCUT2D eigenvalue weighted by Gasteiger charge is 2.73. The molecule has 1 atom stereocenters. The number of furan rings is 1. The molecule has 1 unspecified atom stereocenters. The Labute approximate surface area is 78.7 Å². The van der Waals surface area contributed by atoms with Crippen LogP contribution in [0.1, 0.15) is 12.2 Å². The van der Waals surface area contributed by atoms with Crippen molar-refractivity contribution in [3.05, 3.63) is 23.1 Å². The maximum atomic E-state index is 13.0. The van der Waals surface area contributed by atoms with Crippen LogP contribution in [0, 0.1) is 0 Å². The lowest BCUT2D eigenvalue weighted by Gasteiger charge is -2.09. The normalized spacial score (nSPS) is 30.5. The molecule has 2 N–H and O–H groups in total. The molecule has 0 amide bonds. The minimum Gasteiger partial charge on any atom is -0.449 e. The Morgan fingerprint density at radius 3 is 2.46 bits per heavy atom. The number of nitrogens with two attached hydrogens (primary N) is 1. The van der Waals surface area contributed by atoms with Gasteiger partial charge in [-0.15, -0.1) is 0 Å². The van der Waals surface area contributed by atoms with E-state index in [1.165, 1.54) is 12.1 Å². The number of alkyl halides is 2. The van der Waals surface area contributed by atoms with E-state index in [0.717, 1.165) is 0 Å².